The van der Waals surface area contributed by atoms with Gasteiger partial charge in [-0.05, 0) is 73.0 Å². The third-order valence-corrected chi connectivity index (χ3v) is 5.36. The molecule has 1 aromatic heterocycles. The highest BCUT2D eigenvalue weighted by Gasteiger charge is 2.23. The van der Waals surface area contributed by atoms with Crippen LogP contribution in [0.4, 0.5) is 17.2 Å². The van der Waals surface area contributed by atoms with E-state index in [9.17, 15) is 4.79 Å². The van der Waals surface area contributed by atoms with E-state index >= 15 is 0 Å². The van der Waals surface area contributed by atoms with Gasteiger partial charge in [-0.3, -0.25) is 4.79 Å². The molecule has 0 spiro atoms. The summed E-state index contributed by atoms with van der Waals surface area (Å²) in [5.74, 6) is 0.911. The van der Waals surface area contributed by atoms with Crippen molar-refractivity contribution in [2.24, 2.45) is 0 Å². The van der Waals surface area contributed by atoms with Crippen LogP contribution in [-0.4, -0.2) is 17.4 Å². The molecule has 0 radical (unpaired) electrons. The molecule has 1 N–H and O–H groups in total. The third-order valence-electron chi connectivity index (χ3n) is 5.36. The van der Waals surface area contributed by atoms with Gasteiger partial charge in [-0.2, -0.15) is 0 Å². The lowest BCUT2D eigenvalue weighted by Crippen LogP contribution is -2.15. The smallest absolute Gasteiger partial charge is 0.255 e. The Morgan fingerprint density at radius 2 is 1.76 bits per heavy atom. The van der Waals surface area contributed by atoms with Gasteiger partial charge in [0.25, 0.3) is 5.91 Å². The lowest BCUT2D eigenvalue weighted by atomic mass is 10.1. The largest absolute Gasteiger partial charge is 0.326 e. The molecule has 4 aromatic rings. The maximum Gasteiger partial charge on any atom is 0.255 e. The first-order valence-electron chi connectivity index (χ1n) is 9.82. The standard InChI is InChI=1S/C25H21N3O/c1-17-7-8-19-16-20-13-14-28(24(20)27-23(19)15-17)22-11-9-18(10-12-22)25(29)26-21-5-3-2-4-6-21/h2-12,15-16H,13-14H2,1H3,(H,26,29). The lowest BCUT2D eigenvalue weighted by Gasteiger charge is -2.19. The molecular formula is C25H21N3O. The fourth-order valence-corrected chi connectivity index (χ4v) is 3.84. The van der Waals surface area contributed by atoms with Crippen LogP contribution >= 0.6 is 0 Å². The Bertz CT molecular complexity index is 1200. The molecule has 4 heteroatoms. The molecule has 5 rings (SSSR count). The number of amides is 1. The maximum atomic E-state index is 12.5. The van der Waals surface area contributed by atoms with Gasteiger partial charge in [0.2, 0.25) is 0 Å². The topological polar surface area (TPSA) is 45.2 Å². The number of rotatable bonds is 3. The highest BCUT2D eigenvalue weighted by Crippen LogP contribution is 2.35. The van der Waals surface area contributed by atoms with E-state index in [0.717, 1.165) is 35.7 Å². The summed E-state index contributed by atoms with van der Waals surface area (Å²) < 4.78 is 0. The molecule has 3 aromatic carbocycles. The van der Waals surface area contributed by atoms with Crippen LogP contribution in [0.15, 0.2) is 78.9 Å². The Morgan fingerprint density at radius 1 is 0.966 bits per heavy atom. The summed E-state index contributed by atoms with van der Waals surface area (Å²) in [6, 6.07) is 25.9. The Hall–Kier alpha value is -3.66. The van der Waals surface area contributed by atoms with E-state index in [1.54, 1.807) is 0 Å². The molecule has 0 saturated heterocycles. The second-order valence-corrected chi connectivity index (χ2v) is 7.44. The Labute approximate surface area is 169 Å². The van der Waals surface area contributed by atoms with E-state index in [1.807, 2.05) is 54.6 Å². The molecule has 2 heterocycles. The van der Waals surface area contributed by atoms with Crippen LogP contribution < -0.4 is 10.2 Å². The number of anilines is 3. The molecule has 1 amide bonds. The van der Waals surface area contributed by atoms with Crippen molar-refractivity contribution in [1.82, 2.24) is 4.98 Å². The summed E-state index contributed by atoms with van der Waals surface area (Å²) in [4.78, 5) is 19.7. The van der Waals surface area contributed by atoms with Crippen LogP contribution in [-0.2, 0) is 6.42 Å². The number of hydrogen-bond donors (Lipinski definition) is 1. The van der Waals surface area contributed by atoms with Gasteiger partial charge in [-0.1, -0.05) is 30.3 Å². The summed E-state index contributed by atoms with van der Waals surface area (Å²) in [6.45, 7) is 2.98. The fourth-order valence-electron chi connectivity index (χ4n) is 3.84. The first-order valence-corrected chi connectivity index (χ1v) is 9.82. The van der Waals surface area contributed by atoms with Crippen molar-refractivity contribution in [3.8, 4) is 0 Å². The summed E-state index contributed by atoms with van der Waals surface area (Å²) in [5, 5.41) is 4.11. The zero-order chi connectivity index (χ0) is 19.8. The summed E-state index contributed by atoms with van der Waals surface area (Å²) in [7, 11) is 0. The zero-order valence-electron chi connectivity index (χ0n) is 16.2. The number of fused-ring (bicyclic) bond motifs is 2. The maximum absolute atomic E-state index is 12.5. The van der Waals surface area contributed by atoms with Gasteiger partial charge in [-0.25, -0.2) is 4.98 Å². The highest BCUT2D eigenvalue weighted by molar-refractivity contribution is 6.04. The molecule has 0 fully saturated rings. The second-order valence-electron chi connectivity index (χ2n) is 7.44. The van der Waals surface area contributed by atoms with Gasteiger partial charge in [0.15, 0.2) is 0 Å². The zero-order valence-corrected chi connectivity index (χ0v) is 16.2. The molecule has 0 bridgehead atoms. The fraction of sp³-hybridized carbons (Fsp3) is 0.120. The van der Waals surface area contributed by atoms with Crippen molar-refractivity contribution in [2.75, 3.05) is 16.8 Å². The highest BCUT2D eigenvalue weighted by atomic mass is 16.1. The first-order chi connectivity index (χ1) is 14.2. The molecule has 0 saturated carbocycles. The quantitative estimate of drug-likeness (QED) is 0.512. The van der Waals surface area contributed by atoms with Crippen LogP contribution in [0.1, 0.15) is 21.5 Å². The molecular weight excluding hydrogens is 358 g/mol. The van der Waals surface area contributed by atoms with E-state index in [1.165, 1.54) is 16.5 Å². The van der Waals surface area contributed by atoms with Crippen molar-refractivity contribution in [3.63, 3.8) is 0 Å². The molecule has 1 aliphatic rings. The monoisotopic (exact) mass is 379 g/mol. The minimum Gasteiger partial charge on any atom is -0.326 e. The van der Waals surface area contributed by atoms with E-state index in [0.29, 0.717) is 5.56 Å². The third kappa shape index (κ3) is 3.34. The Balaban J connectivity index is 1.41. The average molecular weight is 379 g/mol. The Morgan fingerprint density at radius 3 is 2.55 bits per heavy atom. The van der Waals surface area contributed by atoms with Crippen molar-refractivity contribution in [3.05, 3.63) is 95.6 Å². The number of hydrogen-bond acceptors (Lipinski definition) is 3. The van der Waals surface area contributed by atoms with Gasteiger partial charge in [0.05, 0.1) is 5.52 Å². The van der Waals surface area contributed by atoms with Gasteiger partial charge in [0.1, 0.15) is 5.82 Å². The van der Waals surface area contributed by atoms with Crippen LogP contribution in [0.3, 0.4) is 0 Å². The number of aryl methyl sites for hydroxylation is 1. The Kier molecular flexibility index (Phi) is 4.24. The number of aromatic nitrogens is 1. The minimum atomic E-state index is -0.107. The predicted molar refractivity (Wildman–Crippen MR) is 118 cm³/mol. The number of carbonyl (C=O) groups excluding carboxylic acids is 1. The van der Waals surface area contributed by atoms with Crippen LogP contribution in [0.2, 0.25) is 0 Å². The molecule has 1 aliphatic heterocycles. The number of pyridine rings is 1. The lowest BCUT2D eigenvalue weighted by molar-refractivity contribution is 0.102. The average Bonchev–Trinajstić information content (AvgIpc) is 3.15. The number of carbonyl (C=O) groups is 1. The molecule has 0 unspecified atom stereocenters. The van der Waals surface area contributed by atoms with Gasteiger partial charge in [0, 0.05) is 28.9 Å². The minimum absolute atomic E-state index is 0.107. The molecule has 142 valence electrons. The first kappa shape index (κ1) is 17.4. The van der Waals surface area contributed by atoms with Gasteiger partial charge >= 0.3 is 0 Å². The van der Waals surface area contributed by atoms with Crippen LogP contribution in [0, 0.1) is 6.92 Å². The van der Waals surface area contributed by atoms with Crippen molar-refractivity contribution >= 4 is 34.0 Å². The van der Waals surface area contributed by atoms with Crippen LogP contribution in [0.25, 0.3) is 10.9 Å². The molecule has 29 heavy (non-hydrogen) atoms. The molecule has 4 nitrogen and oxygen atoms in total. The number of nitrogens with zero attached hydrogens (tertiary/aromatic N) is 2. The predicted octanol–water partition coefficient (Wildman–Crippen LogP) is 5.49. The number of benzene rings is 3. The summed E-state index contributed by atoms with van der Waals surface area (Å²) in [6.07, 6.45) is 0.975. The second kappa shape index (κ2) is 7.06. The van der Waals surface area contributed by atoms with Crippen molar-refractivity contribution < 1.29 is 4.79 Å². The summed E-state index contributed by atoms with van der Waals surface area (Å²) >= 11 is 0. The number of nitrogens with one attached hydrogen (secondary N) is 1. The van der Waals surface area contributed by atoms with Gasteiger partial charge in [-0.15, -0.1) is 0 Å². The summed E-state index contributed by atoms with van der Waals surface area (Å²) in [5.41, 5.74) is 5.99. The van der Waals surface area contributed by atoms with E-state index in [-0.39, 0.29) is 5.91 Å². The van der Waals surface area contributed by atoms with Gasteiger partial charge < -0.3 is 10.2 Å². The number of para-hydroxylation sites is 1. The van der Waals surface area contributed by atoms with Crippen molar-refractivity contribution in [1.29, 1.82) is 0 Å². The van der Waals surface area contributed by atoms with E-state index < -0.39 is 0 Å². The van der Waals surface area contributed by atoms with E-state index in [2.05, 4.69) is 41.4 Å². The molecule has 0 atom stereocenters. The van der Waals surface area contributed by atoms with Crippen molar-refractivity contribution in [2.45, 2.75) is 13.3 Å². The molecule has 0 aliphatic carbocycles. The normalized spacial score (nSPS) is 12.8. The van der Waals surface area contributed by atoms with Crippen LogP contribution in [0.5, 0.6) is 0 Å². The SMILES string of the molecule is Cc1ccc2cc3c(nc2c1)N(c1ccc(C(=O)Nc2ccccc2)cc1)CC3. The van der Waals surface area contributed by atoms with E-state index in [4.69, 9.17) is 4.98 Å².